The van der Waals surface area contributed by atoms with E-state index in [-0.39, 0.29) is 22.6 Å². The third-order valence-corrected chi connectivity index (χ3v) is 10.0. The highest BCUT2D eigenvalue weighted by Crippen LogP contribution is 2.55. The largest absolute Gasteiger partial charge is 0.343 e. The molecular weight excluding hydrogens is 529 g/mol. The Morgan fingerprint density at radius 2 is 1.68 bits per heavy atom. The second-order valence-corrected chi connectivity index (χ2v) is 13.0. The molecule has 9 heteroatoms. The number of carbonyl (C=O) groups excluding carboxylic acids is 2. The van der Waals surface area contributed by atoms with Gasteiger partial charge < -0.3 is 10.2 Å². The molecule has 2 aliphatic rings. The van der Waals surface area contributed by atoms with E-state index >= 15 is 0 Å². The van der Waals surface area contributed by atoms with Crippen molar-refractivity contribution in [3.8, 4) is 0 Å². The Labute approximate surface area is 235 Å². The first-order valence-electron chi connectivity index (χ1n) is 13.5. The quantitative estimate of drug-likeness (QED) is 0.444. The Bertz CT molecular complexity index is 1560. The first-order valence-corrected chi connectivity index (χ1v) is 15.0. The second-order valence-electron chi connectivity index (χ2n) is 11.2. The zero-order valence-corrected chi connectivity index (χ0v) is 24.0. The van der Waals surface area contributed by atoms with E-state index in [1.54, 1.807) is 24.0 Å². The maximum absolute atomic E-state index is 14.2. The number of sulfonamides is 1. The summed E-state index contributed by atoms with van der Waals surface area (Å²) in [7, 11) is -4.07. The molecule has 0 aromatic heterocycles. The highest BCUT2D eigenvalue weighted by Gasteiger charge is 2.56. The van der Waals surface area contributed by atoms with Gasteiger partial charge in [0.25, 0.3) is 15.9 Å². The highest BCUT2D eigenvalue weighted by atomic mass is 32.2. The van der Waals surface area contributed by atoms with E-state index in [2.05, 4.69) is 5.32 Å². The molecule has 40 heavy (non-hydrogen) atoms. The van der Waals surface area contributed by atoms with Gasteiger partial charge in [-0.1, -0.05) is 26.0 Å². The van der Waals surface area contributed by atoms with Crippen LogP contribution in [0, 0.1) is 18.7 Å². The standard InChI is InChI=1S/C31H34FN3O4S/c1-20(2)29-31(14-16-34(17-15-31)22(4)36)27-19-23(30(37)33-25-7-5-6-21(3)18-25)8-13-28(27)35(29)40(38,39)26-11-9-24(32)10-12-26/h5-13,18-20,29H,14-17H2,1-4H3,(H,33,37). The monoisotopic (exact) mass is 563 g/mol. The van der Waals surface area contributed by atoms with Crippen LogP contribution in [0.15, 0.2) is 71.6 Å². The SMILES string of the molecule is CC(=O)N1CCC2(CC1)c1cc(C(=O)Nc3cccc(C)c3)ccc1N(S(=O)(=O)c1ccc(F)cc1)C2C(C)C. The van der Waals surface area contributed by atoms with Crippen LogP contribution in [0.2, 0.25) is 0 Å². The molecule has 0 saturated carbocycles. The Kier molecular flexibility index (Phi) is 7.20. The number of rotatable bonds is 5. The maximum atomic E-state index is 14.2. The molecule has 2 heterocycles. The molecule has 1 atom stereocenters. The summed E-state index contributed by atoms with van der Waals surface area (Å²) < 4.78 is 43.5. The molecule has 5 rings (SSSR count). The number of anilines is 2. The molecule has 210 valence electrons. The van der Waals surface area contributed by atoms with E-state index in [1.807, 2.05) is 51.1 Å². The van der Waals surface area contributed by atoms with Gasteiger partial charge in [0.1, 0.15) is 5.82 Å². The Hall–Kier alpha value is -3.72. The van der Waals surface area contributed by atoms with Crippen LogP contribution in [0.4, 0.5) is 15.8 Å². The fraction of sp³-hybridized carbons (Fsp3) is 0.355. The second kappa shape index (κ2) is 10.4. The molecule has 0 radical (unpaired) electrons. The first-order chi connectivity index (χ1) is 18.9. The van der Waals surface area contributed by atoms with Crippen molar-refractivity contribution >= 4 is 33.2 Å². The minimum atomic E-state index is -4.07. The number of fused-ring (bicyclic) bond motifs is 2. The van der Waals surface area contributed by atoms with Crippen LogP contribution < -0.4 is 9.62 Å². The molecule has 0 aliphatic carbocycles. The molecule has 3 aromatic carbocycles. The predicted octanol–water partition coefficient (Wildman–Crippen LogP) is 5.50. The van der Waals surface area contributed by atoms with E-state index in [4.69, 9.17) is 0 Å². The normalized spacial score (nSPS) is 18.2. The molecule has 2 aliphatic heterocycles. The Balaban J connectivity index is 1.63. The molecule has 1 unspecified atom stereocenters. The van der Waals surface area contributed by atoms with Crippen molar-refractivity contribution in [2.24, 2.45) is 5.92 Å². The van der Waals surface area contributed by atoms with Gasteiger partial charge in [-0.15, -0.1) is 0 Å². The predicted molar refractivity (Wildman–Crippen MR) is 153 cm³/mol. The fourth-order valence-corrected chi connectivity index (χ4v) is 8.29. The summed E-state index contributed by atoms with van der Waals surface area (Å²) >= 11 is 0. The lowest BCUT2D eigenvalue weighted by atomic mass is 9.66. The zero-order chi connectivity index (χ0) is 28.8. The number of piperidine rings is 1. The van der Waals surface area contributed by atoms with Gasteiger partial charge in [-0.3, -0.25) is 13.9 Å². The van der Waals surface area contributed by atoms with Crippen molar-refractivity contribution in [1.29, 1.82) is 0 Å². The topological polar surface area (TPSA) is 86.8 Å². The van der Waals surface area contributed by atoms with E-state index in [1.165, 1.54) is 16.4 Å². The van der Waals surface area contributed by atoms with E-state index in [9.17, 15) is 22.4 Å². The van der Waals surface area contributed by atoms with Crippen molar-refractivity contribution in [1.82, 2.24) is 4.90 Å². The van der Waals surface area contributed by atoms with Crippen molar-refractivity contribution in [3.05, 3.63) is 89.2 Å². The summed E-state index contributed by atoms with van der Waals surface area (Å²) in [6.45, 7) is 8.45. The number of nitrogens with one attached hydrogen (secondary N) is 1. The molecule has 1 N–H and O–H groups in total. The van der Waals surface area contributed by atoms with Crippen LogP contribution in [0.5, 0.6) is 0 Å². The van der Waals surface area contributed by atoms with Crippen LogP contribution >= 0.6 is 0 Å². The smallest absolute Gasteiger partial charge is 0.264 e. The minimum absolute atomic E-state index is 0.00462. The minimum Gasteiger partial charge on any atom is -0.343 e. The summed E-state index contributed by atoms with van der Waals surface area (Å²) in [5.41, 5.74) is 2.82. The number of aryl methyl sites for hydroxylation is 1. The van der Waals surface area contributed by atoms with E-state index in [0.29, 0.717) is 42.9 Å². The average Bonchev–Trinajstić information content (AvgIpc) is 3.19. The Morgan fingerprint density at radius 1 is 1.00 bits per heavy atom. The number of nitrogens with zero attached hydrogens (tertiary/aromatic N) is 2. The highest BCUT2D eigenvalue weighted by molar-refractivity contribution is 7.92. The summed E-state index contributed by atoms with van der Waals surface area (Å²) in [4.78, 5) is 27.3. The van der Waals surface area contributed by atoms with Gasteiger partial charge >= 0.3 is 0 Å². The fourth-order valence-electron chi connectivity index (χ4n) is 6.42. The van der Waals surface area contributed by atoms with Crippen molar-refractivity contribution < 1.29 is 22.4 Å². The molecule has 7 nitrogen and oxygen atoms in total. The molecule has 0 bridgehead atoms. The molecule has 2 amide bonds. The van der Waals surface area contributed by atoms with Gasteiger partial charge in [-0.25, -0.2) is 12.8 Å². The van der Waals surface area contributed by atoms with Crippen molar-refractivity contribution in [3.63, 3.8) is 0 Å². The average molecular weight is 564 g/mol. The molecule has 3 aromatic rings. The molecular formula is C31H34FN3O4S. The summed E-state index contributed by atoms with van der Waals surface area (Å²) in [6, 6.07) is 17.1. The number of amides is 2. The number of benzene rings is 3. The first kappa shape index (κ1) is 27.8. The lowest BCUT2D eigenvalue weighted by Crippen LogP contribution is -2.55. The number of halogens is 1. The number of hydrogen-bond acceptors (Lipinski definition) is 4. The lowest BCUT2D eigenvalue weighted by Gasteiger charge is -2.46. The van der Waals surface area contributed by atoms with Gasteiger partial charge in [0.15, 0.2) is 0 Å². The lowest BCUT2D eigenvalue weighted by molar-refractivity contribution is -0.130. The van der Waals surface area contributed by atoms with Crippen molar-refractivity contribution in [2.45, 2.75) is 56.9 Å². The third kappa shape index (κ3) is 4.76. The molecule has 1 saturated heterocycles. The maximum Gasteiger partial charge on any atom is 0.264 e. The van der Waals surface area contributed by atoms with E-state index in [0.717, 1.165) is 23.3 Å². The summed E-state index contributed by atoms with van der Waals surface area (Å²) in [6.07, 6.45) is 1.11. The molecule has 1 spiro atoms. The molecule has 1 fully saturated rings. The summed E-state index contributed by atoms with van der Waals surface area (Å²) in [5.74, 6) is -0.906. The van der Waals surface area contributed by atoms with Crippen LogP contribution in [-0.4, -0.2) is 44.3 Å². The van der Waals surface area contributed by atoms with Crippen LogP contribution in [0.3, 0.4) is 0 Å². The summed E-state index contributed by atoms with van der Waals surface area (Å²) in [5, 5.41) is 2.95. The third-order valence-electron chi connectivity index (χ3n) is 8.23. The van der Waals surface area contributed by atoms with Crippen LogP contribution in [0.1, 0.15) is 55.1 Å². The van der Waals surface area contributed by atoms with Crippen molar-refractivity contribution in [2.75, 3.05) is 22.7 Å². The number of carbonyl (C=O) groups is 2. The van der Waals surface area contributed by atoms with Crippen LogP contribution in [-0.2, 0) is 20.2 Å². The Morgan fingerprint density at radius 3 is 2.27 bits per heavy atom. The van der Waals surface area contributed by atoms with Crippen LogP contribution in [0.25, 0.3) is 0 Å². The number of likely N-dealkylation sites (tertiary alicyclic amines) is 1. The van der Waals surface area contributed by atoms with Gasteiger partial charge in [0.05, 0.1) is 16.6 Å². The zero-order valence-electron chi connectivity index (χ0n) is 23.1. The number of hydrogen-bond donors (Lipinski definition) is 1. The van der Waals surface area contributed by atoms with E-state index < -0.39 is 27.3 Å². The van der Waals surface area contributed by atoms with Gasteiger partial charge in [0, 0.05) is 36.7 Å². The van der Waals surface area contributed by atoms with Gasteiger partial charge in [0.2, 0.25) is 5.91 Å². The van der Waals surface area contributed by atoms with Gasteiger partial charge in [-0.2, -0.15) is 0 Å². The van der Waals surface area contributed by atoms with Gasteiger partial charge in [-0.05, 0) is 91.4 Å².